The van der Waals surface area contributed by atoms with Crippen molar-refractivity contribution in [2.45, 2.75) is 13.8 Å². The lowest BCUT2D eigenvalue weighted by atomic mass is 10.1. The average molecular weight is 236 g/mol. The molecule has 4 heteroatoms. The SMILES string of the molecule is CCOC(=O)C(=C(O)OCC)c1ccccc1. The summed E-state index contributed by atoms with van der Waals surface area (Å²) < 4.78 is 9.85. The van der Waals surface area contributed by atoms with Gasteiger partial charge in [0.1, 0.15) is 5.57 Å². The Labute approximate surface area is 100 Å². The Morgan fingerprint density at radius 1 is 1.12 bits per heavy atom. The highest BCUT2D eigenvalue weighted by Gasteiger charge is 2.19. The van der Waals surface area contributed by atoms with Gasteiger partial charge in [0.05, 0.1) is 13.2 Å². The second-order valence-electron chi connectivity index (χ2n) is 3.20. The third-order valence-corrected chi connectivity index (χ3v) is 2.04. The summed E-state index contributed by atoms with van der Waals surface area (Å²) in [6, 6.07) is 8.79. The quantitative estimate of drug-likeness (QED) is 0.485. The van der Waals surface area contributed by atoms with Crippen molar-refractivity contribution in [3.05, 3.63) is 41.8 Å². The molecule has 92 valence electrons. The summed E-state index contributed by atoms with van der Waals surface area (Å²) in [6.07, 6.45) is 0. The highest BCUT2D eigenvalue weighted by atomic mass is 16.6. The van der Waals surface area contributed by atoms with E-state index in [1.54, 1.807) is 38.1 Å². The Morgan fingerprint density at radius 3 is 2.24 bits per heavy atom. The highest BCUT2D eigenvalue weighted by molar-refractivity contribution is 6.16. The maximum absolute atomic E-state index is 11.7. The van der Waals surface area contributed by atoms with Crippen molar-refractivity contribution in [1.29, 1.82) is 0 Å². The van der Waals surface area contributed by atoms with Crippen molar-refractivity contribution < 1.29 is 19.4 Å². The maximum Gasteiger partial charge on any atom is 0.346 e. The Balaban J connectivity index is 3.11. The topological polar surface area (TPSA) is 55.8 Å². The molecule has 0 aliphatic rings. The molecule has 0 atom stereocenters. The van der Waals surface area contributed by atoms with Gasteiger partial charge >= 0.3 is 5.97 Å². The van der Waals surface area contributed by atoms with E-state index in [1.807, 2.05) is 6.07 Å². The number of hydrogen-bond acceptors (Lipinski definition) is 4. The summed E-state index contributed by atoms with van der Waals surface area (Å²) in [5.41, 5.74) is 0.617. The molecule has 0 heterocycles. The van der Waals surface area contributed by atoms with Crippen LogP contribution in [0.2, 0.25) is 0 Å². The summed E-state index contributed by atoms with van der Waals surface area (Å²) in [5, 5.41) is 9.72. The van der Waals surface area contributed by atoms with E-state index in [-0.39, 0.29) is 18.8 Å². The van der Waals surface area contributed by atoms with Crippen LogP contribution in [-0.2, 0) is 14.3 Å². The number of ether oxygens (including phenoxy) is 2. The van der Waals surface area contributed by atoms with Crippen LogP contribution in [-0.4, -0.2) is 24.3 Å². The molecule has 0 aliphatic carbocycles. The molecule has 0 bridgehead atoms. The highest BCUT2D eigenvalue weighted by Crippen LogP contribution is 2.19. The van der Waals surface area contributed by atoms with E-state index < -0.39 is 11.9 Å². The molecule has 17 heavy (non-hydrogen) atoms. The Hall–Kier alpha value is -1.97. The van der Waals surface area contributed by atoms with Crippen molar-refractivity contribution in [2.24, 2.45) is 0 Å². The molecule has 0 saturated heterocycles. The minimum Gasteiger partial charge on any atom is -0.480 e. The molecule has 4 nitrogen and oxygen atoms in total. The zero-order valence-electron chi connectivity index (χ0n) is 9.97. The van der Waals surface area contributed by atoms with Gasteiger partial charge < -0.3 is 14.6 Å². The van der Waals surface area contributed by atoms with Crippen LogP contribution in [0.5, 0.6) is 0 Å². The van der Waals surface area contributed by atoms with Crippen LogP contribution in [0.25, 0.3) is 5.57 Å². The number of carbonyl (C=O) groups is 1. The first-order valence-electron chi connectivity index (χ1n) is 5.49. The number of aliphatic hydroxyl groups is 1. The van der Waals surface area contributed by atoms with E-state index in [1.165, 1.54) is 0 Å². The third-order valence-electron chi connectivity index (χ3n) is 2.04. The van der Waals surface area contributed by atoms with Gasteiger partial charge in [0.25, 0.3) is 5.95 Å². The molecule has 1 rings (SSSR count). The first-order valence-corrected chi connectivity index (χ1v) is 5.49. The number of carbonyl (C=O) groups excluding carboxylic acids is 1. The van der Waals surface area contributed by atoms with Crippen LogP contribution in [0.3, 0.4) is 0 Å². The number of benzene rings is 1. The molecule has 0 unspecified atom stereocenters. The van der Waals surface area contributed by atoms with E-state index in [9.17, 15) is 9.90 Å². The summed E-state index contributed by atoms with van der Waals surface area (Å²) in [5.74, 6) is -0.998. The summed E-state index contributed by atoms with van der Waals surface area (Å²) in [4.78, 5) is 11.7. The molecule has 0 spiro atoms. The van der Waals surface area contributed by atoms with E-state index in [0.717, 1.165) is 0 Å². The fourth-order valence-corrected chi connectivity index (χ4v) is 1.35. The third kappa shape index (κ3) is 3.52. The van der Waals surface area contributed by atoms with Crippen molar-refractivity contribution in [1.82, 2.24) is 0 Å². The van der Waals surface area contributed by atoms with Crippen LogP contribution in [0.15, 0.2) is 36.3 Å². The summed E-state index contributed by atoms with van der Waals surface area (Å²) in [6.45, 7) is 3.96. The van der Waals surface area contributed by atoms with Gasteiger partial charge in [0.2, 0.25) is 0 Å². The van der Waals surface area contributed by atoms with Gasteiger partial charge in [-0.1, -0.05) is 30.3 Å². The van der Waals surface area contributed by atoms with Gasteiger partial charge in [0.15, 0.2) is 0 Å². The first kappa shape index (κ1) is 13.1. The van der Waals surface area contributed by atoms with Gasteiger partial charge in [-0.05, 0) is 19.4 Å². The van der Waals surface area contributed by atoms with Crippen molar-refractivity contribution in [2.75, 3.05) is 13.2 Å². The van der Waals surface area contributed by atoms with Crippen molar-refractivity contribution in [3.8, 4) is 0 Å². The second kappa shape index (κ2) is 6.58. The lowest BCUT2D eigenvalue weighted by Crippen LogP contribution is -2.11. The van der Waals surface area contributed by atoms with Crippen molar-refractivity contribution in [3.63, 3.8) is 0 Å². The minimum atomic E-state index is -0.593. The molecule has 0 radical (unpaired) electrons. The van der Waals surface area contributed by atoms with Gasteiger partial charge in [-0.3, -0.25) is 0 Å². The zero-order chi connectivity index (χ0) is 12.7. The number of hydrogen-bond donors (Lipinski definition) is 1. The first-order chi connectivity index (χ1) is 8.20. The average Bonchev–Trinajstić information content (AvgIpc) is 2.31. The molecule has 1 N–H and O–H groups in total. The molecule has 0 fully saturated rings. The number of rotatable bonds is 5. The Kier molecular flexibility index (Phi) is 5.07. The fraction of sp³-hybridized carbons (Fsp3) is 0.308. The molecule has 1 aromatic carbocycles. The molecule has 0 aliphatic heterocycles. The second-order valence-corrected chi connectivity index (χ2v) is 3.20. The van der Waals surface area contributed by atoms with E-state index in [2.05, 4.69) is 0 Å². The van der Waals surface area contributed by atoms with Gasteiger partial charge in [0, 0.05) is 0 Å². The van der Waals surface area contributed by atoms with Gasteiger partial charge in [-0.15, -0.1) is 0 Å². The Bertz CT molecular complexity index is 395. The molecule has 0 amide bonds. The largest absolute Gasteiger partial charge is 0.480 e. The van der Waals surface area contributed by atoms with Crippen molar-refractivity contribution >= 4 is 11.5 Å². The van der Waals surface area contributed by atoms with Crippen LogP contribution in [0, 0.1) is 0 Å². The fourth-order valence-electron chi connectivity index (χ4n) is 1.35. The lowest BCUT2D eigenvalue weighted by Gasteiger charge is -2.10. The van der Waals surface area contributed by atoms with Gasteiger partial charge in [-0.2, -0.15) is 0 Å². The predicted octanol–water partition coefficient (Wildman–Crippen LogP) is 2.51. The smallest absolute Gasteiger partial charge is 0.346 e. The van der Waals surface area contributed by atoms with E-state index in [4.69, 9.17) is 9.47 Å². The van der Waals surface area contributed by atoms with Crippen LogP contribution >= 0.6 is 0 Å². The van der Waals surface area contributed by atoms with Crippen LogP contribution in [0.1, 0.15) is 19.4 Å². The molecule has 0 aromatic heterocycles. The summed E-state index contributed by atoms with van der Waals surface area (Å²) in [7, 11) is 0. The van der Waals surface area contributed by atoms with Crippen LogP contribution < -0.4 is 0 Å². The monoisotopic (exact) mass is 236 g/mol. The summed E-state index contributed by atoms with van der Waals surface area (Å²) >= 11 is 0. The maximum atomic E-state index is 11.7. The molecule has 0 saturated carbocycles. The lowest BCUT2D eigenvalue weighted by molar-refractivity contribution is -0.136. The van der Waals surface area contributed by atoms with Gasteiger partial charge in [-0.25, -0.2) is 4.79 Å². The van der Waals surface area contributed by atoms with E-state index >= 15 is 0 Å². The number of aliphatic hydroxyl groups excluding tert-OH is 1. The predicted molar refractivity (Wildman–Crippen MR) is 64.2 cm³/mol. The van der Waals surface area contributed by atoms with E-state index in [0.29, 0.717) is 5.56 Å². The molecule has 1 aromatic rings. The standard InChI is InChI=1S/C13H16O4/c1-3-16-12(14)11(13(15)17-4-2)10-8-6-5-7-9-10/h5-9,14H,3-4H2,1-2H3. The zero-order valence-corrected chi connectivity index (χ0v) is 9.97. The molecular weight excluding hydrogens is 220 g/mol. The van der Waals surface area contributed by atoms with Crippen LogP contribution in [0.4, 0.5) is 0 Å². The number of esters is 1. The normalized spacial score (nSPS) is 11.6. The Morgan fingerprint density at radius 2 is 1.71 bits per heavy atom. The minimum absolute atomic E-state index is 0.0503. The molecular formula is C13H16O4.